The number of carbonyl (C=O) groups excluding carboxylic acids is 1. The van der Waals surface area contributed by atoms with Gasteiger partial charge in [-0.25, -0.2) is 0 Å². The van der Waals surface area contributed by atoms with E-state index in [1.807, 2.05) is 42.5 Å². The van der Waals surface area contributed by atoms with E-state index >= 15 is 0 Å². The number of rotatable bonds is 3. The van der Waals surface area contributed by atoms with Crippen molar-refractivity contribution in [2.75, 3.05) is 0 Å². The van der Waals surface area contributed by atoms with Crippen molar-refractivity contribution in [3.63, 3.8) is 0 Å². The molecule has 3 aromatic carbocycles. The summed E-state index contributed by atoms with van der Waals surface area (Å²) < 4.78 is 1.14. The quantitative estimate of drug-likeness (QED) is 0.474. The molecule has 3 rings (SSSR count). The molecule has 2 heteroatoms. The standard InChI is InChI=1S/C18H13IO/c19-17-9-7-15(8-10-17)18(20)12-13-5-6-14-3-1-2-4-16(14)11-13/h1-11H,12H2. The third-order valence-electron chi connectivity index (χ3n) is 3.34. The number of Topliss-reactive ketones (excluding diaryl/α,β-unsaturated/α-hetero) is 1. The summed E-state index contributed by atoms with van der Waals surface area (Å²) in [6, 6.07) is 22.1. The van der Waals surface area contributed by atoms with E-state index in [0.29, 0.717) is 6.42 Å². The van der Waals surface area contributed by atoms with Gasteiger partial charge in [0, 0.05) is 15.6 Å². The van der Waals surface area contributed by atoms with E-state index in [1.54, 1.807) is 0 Å². The Morgan fingerprint density at radius 2 is 1.55 bits per heavy atom. The molecule has 0 amide bonds. The second kappa shape index (κ2) is 5.75. The molecular formula is C18H13IO. The molecule has 0 N–H and O–H groups in total. The lowest BCUT2D eigenvalue weighted by molar-refractivity contribution is 0.0993. The van der Waals surface area contributed by atoms with E-state index in [4.69, 9.17) is 0 Å². The zero-order valence-electron chi connectivity index (χ0n) is 10.8. The lowest BCUT2D eigenvalue weighted by atomic mass is 10.0. The first kappa shape index (κ1) is 13.3. The molecular weight excluding hydrogens is 359 g/mol. The van der Waals surface area contributed by atoms with Crippen LogP contribution in [0.4, 0.5) is 0 Å². The van der Waals surface area contributed by atoms with Gasteiger partial charge in [0.15, 0.2) is 5.78 Å². The molecule has 0 fully saturated rings. The fourth-order valence-corrected chi connectivity index (χ4v) is 2.63. The van der Waals surface area contributed by atoms with Crippen LogP contribution >= 0.6 is 22.6 Å². The van der Waals surface area contributed by atoms with Crippen LogP contribution < -0.4 is 0 Å². The molecule has 0 atom stereocenters. The van der Waals surface area contributed by atoms with Gasteiger partial charge in [-0.1, -0.05) is 54.6 Å². The minimum atomic E-state index is 0.164. The molecule has 0 aliphatic rings. The van der Waals surface area contributed by atoms with E-state index in [0.717, 1.165) is 14.7 Å². The normalized spacial score (nSPS) is 10.7. The van der Waals surface area contributed by atoms with E-state index < -0.39 is 0 Å². The van der Waals surface area contributed by atoms with E-state index in [2.05, 4.69) is 46.9 Å². The summed E-state index contributed by atoms with van der Waals surface area (Å²) in [4.78, 5) is 12.3. The molecule has 0 radical (unpaired) electrons. The van der Waals surface area contributed by atoms with Gasteiger partial charge in [0.05, 0.1) is 0 Å². The number of fused-ring (bicyclic) bond motifs is 1. The Kier molecular flexibility index (Phi) is 3.83. The molecule has 20 heavy (non-hydrogen) atoms. The van der Waals surface area contributed by atoms with Crippen molar-refractivity contribution in [2.24, 2.45) is 0 Å². The van der Waals surface area contributed by atoms with Gasteiger partial charge < -0.3 is 0 Å². The van der Waals surface area contributed by atoms with Gasteiger partial charge >= 0.3 is 0 Å². The highest BCUT2D eigenvalue weighted by atomic mass is 127. The molecule has 1 nitrogen and oxygen atoms in total. The van der Waals surface area contributed by atoms with E-state index in [1.165, 1.54) is 10.8 Å². The minimum Gasteiger partial charge on any atom is -0.294 e. The number of carbonyl (C=O) groups is 1. The topological polar surface area (TPSA) is 17.1 Å². The Hall–Kier alpha value is -1.68. The molecule has 98 valence electrons. The van der Waals surface area contributed by atoms with Crippen molar-refractivity contribution >= 4 is 39.1 Å². The second-order valence-electron chi connectivity index (χ2n) is 4.79. The maximum atomic E-state index is 12.3. The van der Waals surface area contributed by atoms with Crippen LogP contribution in [-0.2, 0) is 6.42 Å². The molecule has 0 saturated heterocycles. The number of ketones is 1. The highest BCUT2D eigenvalue weighted by Crippen LogP contribution is 2.17. The highest BCUT2D eigenvalue weighted by Gasteiger charge is 2.07. The van der Waals surface area contributed by atoms with Gasteiger partial charge in [-0.2, -0.15) is 0 Å². The summed E-state index contributed by atoms with van der Waals surface area (Å²) in [6.07, 6.45) is 0.450. The number of hydrogen-bond donors (Lipinski definition) is 0. The van der Waals surface area contributed by atoms with Gasteiger partial charge in [-0.05, 0) is 51.1 Å². The minimum absolute atomic E-state index is 0.164. The molecule has 3 aromatic rings. The Bertz CT molecular complexity index is 760. The van der Waals surface area contributed by atoms with Crippen LogP contribution in [0.3, 0.4) is 0 Å². The van der Waals surface area contributed by atoms with Crippen LogP contribution in [0.1, 0.15) is 15.9 Å². The Labute approximate surface area is 131 Å². The average molecular weight is 372 g/mol. The average Bonchev–Trinajstić information content (AvgIpc) is 2.48. The molecule has 0 unspecified atom stereocenters. The lowest BCUT2D eigenvalue weighted by Crippen LogP contribution is -2.03. The van der Waals surface area contributed by atoms with E-state index in [-0.39, 0.29) is 5.78 Å². The monoisotopic (exact) mass is 372 g/mol. The van der Waals surface area contributed by atoms with Crippen molar-refractivity contribution < 1.29 is 4.79 Å². The van der Waals surface area contributed by atoms with Crippen molar-refractivity contribution in [3.05, 3.63) is 81.4 Å². The highest BCUT2D eigenvalue weighted by molar-refractivity contribution is 14.1. The van der Waals surface area contributed by atoms with Crippen LogP contribution in [-0.4, -0.2) is 5.78 Å². The van der Waals surface area contributed by atoms with Crippen LogP contribution in [0, 0.1) is 3.57 Å². The summed E-state index contributed by atoms with van der Waals surface area (Å²) in [5, 5.41) is 2.39. The van der Waals surface area contributed by atoms with Crippen molar-refractivity contribution in [1.29, 1.82) is 0 Å². The third-order valence-corrected chi connectivity index (χ3v) is 4.06. The Balaban J connectivity index is 1.85. The number of hydrogen-bond acceptors (Lipinski definition) is 1. The van der Waals surface area contributed by atoms with Crippen molar-refractivity contribution in [2.45, 2.75) is 6.42 Å². The fourth-order valence-electron chi connectivity index (χ4n) is 2.27. The molecule has 0 aliphatic carbocycles. The smallest absolute Gasteiger partial charge is 0.167 e. The van der Waals surface area contributed by atoms with Crippen LogP contribution in [0.25, 0.3) is 10.8 Å². The molecule has 0 aromatic heterocycles. The molecule has 0 aliphatic heterocycles. The SMILES string of the molecule is O=C(Cc1ccc2ccccc2c1)c1ccc(I)cc1. The van der Waals surface area contributed by atoms with Gasteiger partial charge in [0.1, 0.15) is 0 Å². The van der Waals surface area contributed by atoms with Crippen molar-refractivity contribution in [1.82, 2.24) is 0 Å². The maximum absolute atomic E-state index is 12.3. The fraction of sp³-hybridized carbons (Fsp3) is 0.0556. The summed E-state index contributed by atoms with van der Waals surface area (Å²) in [6.45, 7) is 0. The summed E-state index contributed by atoms with van der Waals surface area (Å²) in [7, 11) is 0. The predicted octanol–water partition coefficient (Wildman–Crippen LogP) is 4.87. The Morgan fingerprint density at radius 1 is 0.850 bits per heavy atom. The number of halogens is 1. The largest absolute Gasteiger partial charge is 0.294 e. The first-order chi connectivity index (χ1) is 9.72. The van der Waals surface area contributed by atoms with Gasteiger partial charge in [0.2, 0.25) is 0 Å². The first-order valence-electron chi connectivity index (χ1n) is 6.49. The number of benzene rings is 3. The zero-order valence-corrected chi connectivity index (χ0v) is 13.0. The summed E-state index contributed by atoms with van der Waals surface area (Å²) in [5.41, 5.74) is 1.84. The van der Waals surface area contributed by atoms with Gasteiger partial charge in [-0.3, -0.25) is 4.79 Å². The molecule has 0 spiro atoms. The van der Waals surface area contributed by atoms with Crippen LogP contribution in [0.2, 0.25) is 0 Å². The lowest BCUT2D eigenvalue weighted by Gasteiger charge is -2.04. The summed E-state index contributed by atoms with van der Waals surface area (Å²) in [5.74, 6) is 0.164. The third kappa shape index (κ3) is 2.90. The van der Waals surface area contributed by atoms with Crippen LogP contribution in [0.15, 0.2) is 66.7 Å². The molecule has 0 heterocycles. The van der Waals surface area contributed by atoms with E-state index in [9.17, 15) is 4.79 Å². The maximum Gasteiger partial charge on any atom is 0.167 e. The first-order valence-corrected chi connectivity index (χ1v) is 7.57. The zero-order chi connectivity index (χ0) is 13.9. The molecule has 0 bridgehead atoms. The Morgan fingerprint density at radius 3 is 2.30 bits per heavy atom. The van der Waals surface area contributed by atoms with Crippen LogP contribution in [0.5, 0.6) is 0 Å². The predicted molar refractivity (Wildman–Crippen MR) is 91.1 cm³/mol. The molecule has 0 saturated carbocycles. The summed E-state index contributed by atoms with van der Waals surface area (Å²) >= 11 is 2.24. The van der Waals surface area contributed by atoms with Gasteiger partial charge in [-0.15, -0.1) is 0 Å². The van der Waals surface area contributed by atoms with Gasteiger partial charge in [0.25, 0.3) is 0 Å². The van der Waals surface area contributed by atoms with Crippen molar-refractivity contribution in [3.8, 4) is 0 Å². The second-order valence-corrected chi connectivity index (χ2v) is 6.03.